The van der Waals surface area contributed by atoms with Gasteiger partial charge in [-0.1, -0.05) is 0 Å². The number of carbonyl (C=O) groups excluding carboxylic acids is 7. The summed E-state index contributed by atoms with van der Waals surface area (Å²) in [5.41, 5.74) is 0. The first-order valence-corrected chi connectivity index (χ1v) is 13.2. The van der Waals surface area contributed by atoms with Gasteiger partial charge in [0, 0.05) is 48.5 Å². The van der Waals surface area contributed by atoms with E-state index in [1.165, 1.54) is 0 Å². The van der Waals surface area contributed by atoms with Crippen LogP contribution in [-0.4, -0.2) is 116 Å². The molecule has 17 nitrogen and oxygen atoms in total. The maximum atomic E-state index is 15.2. The standard InChI is InChI=1S/C26H35FO17/c1-10(28)35-8-17-20(21(38-13(4)31)23(25(27)42-17)40-15(6)33)44-26-24(41-16(7)34)22(39-14(5)32)19(37-12(3)30)18(43-26)9-36-11(2)29/h17-26H,8-9H2,1-7H3/t17-,18-,19-,20-,21+,22+,23-,24-,25+,26-/m1/s1. The molecule has 10 atom stereocenters. The average molecular weight is 639 g/mol. The fourth-order valence-corrected chi connectivity index (χ4v) is 4.46. The molecule has 2 saturated heterocycles. The highest BCUT2D eigenvalue weighted by molar-refractivity contribution is 5.69. The molecule has 0 aromatic heterocycles. The Morgan fingerprint density at radius 1 is 0.477 bits per heavy atom. The summed E-state index contributed by atoms with van der Waals surface area (Å²) in [6.07, 6.45) is -17.5. The summed E-state index contributed by atoms with van der Waals surface area (Å²) >= 11 is 0. The topological polar surface area (TPSA) is 212 Å². The third kappa shape index (κ3) is 10.7. The third-order valence-corrected chi connectivity index (χ3v) is 5.87. The van der Waals surface area contributed by atoms with E-state index in [-0.39, 0.29) is 0 Å². The van der Waals surface area contributed by atoms with E-state index >= 15 is 4.39 Å². The molecule has 0 N–H and O–H groups in total. The van der Waals surface area contributed by atoms with Crippen molar-refractivity contribution in [2.45, 2.75) is 110 Å². The van der Waals surface area contributed by atoms with E-state index in [0.29, 0.717) is 0 Å². The zero-order valence-corrected chi connectivity index (χ0v) is 25.0. The minimum atomic E-state index is -2.40. The minimum absolute atomic E-state index is 0.592. The molecule has 0 amide bonds. The second-order valence-electron chi connectivity index (χ2n) is 9.64. The van der Waals surface area contributed by atoms with Gasteiger partial charge in [0.1, 0.15) is 31.5 Å². The normalized spacial score (nSPS) is 31.5. The number of hydrogen-bond donors (Lipinski definition) is 0. The lowest BCUT2D eigenvalue weighted by Crippen LogP contribution is -2.66. The van der Waals surface area contributed by atoms with Gasteiger partial charge in [-0.25, -0.2) is 4.39 Å². The van der Waals surface area contributed by atoms with Crippen LogP contribution in [0.4, 0.5) is 4.39 Å². The number of rotatable bonds is 11. The second kappa shape index (κ2) is 16.2. The van der Waals surface area contributed by atoms with Crippen molar-refractivity contribution >= 4 is 41.8 Å². The lowest BCUT2D eigenvalue weighted by atomic mass is 9.96. The summed E-state index contributed by atoms with van der Waals surface area (Å²) in [4.78, 5) is 83.3. The number of ether oxygens (including phenoxy) is 10. The number of alkyl halides is 1. The minimum Gasteiger partial charge on any atom is -0.463 e. The van der Waals surface area contributed by atoms with Gasteiger partial charge in [0.25, 0.3) is 0 Å². The van der Waals surface area contributed by atoms with Crippen LogP contribution in [0.5, 0.6) is 0 Å². The van der Waals surface area contributed by atoms with Crippen molar-refractivity contribution < 1.29 is 85.3 Å². The van der Waals surface area contributed by atoms with Gasteiger partial charge in [0.2, 0.25) is 6.36 Å². The van der Waals surface area contributed by atoms with Crippen LogP contribution in [-0.2, 0) is 80.9 Å². The van der Waals surface area contributed by atoms with Crippen LogP contribution in [0.3, 0.4) is 0 Å². The SMILES string of the molecule is CC(=O)OC[C@H]1O[C@H](F)[C@H](OC(C)=O)[C@@H](OC(C)=O)[C@@H]1O[C@H]1O[C@H](COC(C)=O)[C@@H](OC(C)=O)[C@H](OC(C)=O)[C@H]1OC(C)=O. The summed E-state index contributed by atoms with van der Waals surface area (Å²) in [6, 6.07) is 0. The molecule has 0 aromatic rings. The van der Waals surface area contributed by atoms with E-state index < -0.39 is 116 Å². The summed E-state index contributed by atoms with van der Waals surface area (Å²) in [5, 5.41) is 0. The molecule has 248 valence electrons. The lowest BCUT2D eigenvalue weighted by Gasteiger charge is -2.47. The van der Waals surface area contributed by atoms with Crippen LogP contribution < -0.4 is 0 Å². The molecule has 0 unspecified atom stereocenters. The number of esters is 7. The monoisotopic (exact) mass is 638 g/mol. The molecule has 0 bridgehead atoms. The summed E-state index contributed by atoms with van der Waals surface area (Å²) in [7, 11) is 0. The first-order chi connectivity index (χ1) is 20.5. The van der Waals surface area contributed by atoms with E-state index in [2.05, 4.69) is 0 Å². The first kappa shape index (κ1) is 36.3. The Balaban J connectivity index is 2.66. The van der Waals surface area contributed by atoms with Crippen molar-refractivity contribution in [3.05, 3.63) is 0 Å². The van der Waals surface area contributed by atoms with Crippen molar-refractivity contribution in [1.29, 1.82) is 0 Å². The zero-order chi connectivity index (χ0) is 33.3. The van der Waals surface area contributed by atoms with Crippen LogP contribution in [0.15, 0.2) is 0 Å². The molecule has 0 aliphatic carbocycles. The average Bonchev–Trinajstić information content (AvgIpc) is 2.87. The summed E-state index contributed by atoms with van der Waals surface area (Å²) in [6.45, 7) is 5.83. The van der Waals surface area contributed by atoms with Crippen LogP contribution in [0.1, 0.15) is 48.5 Å². The molecule has 2 rings (SSSR count). The van der Waals surface area contributed by atoms with E-state index in [9.17, 15) is 33.6 Å². The molecular formula is C26H35FO17. The van der Waals surface area contributed by atoms with E-state index in [0.717, 1.165) is 48.5 Å². The zero-order valence-electron chi connectivity index (χ0n) is 25.0. The Labute approximate surface area is 250 Å². The predicted molar refractivity (Wildman–Crippen MR) is 134 cm³/mol. The van der Waals surface area contributed by atoms with Gasteiger partial charge in [-0.3, -0.25) is 33.6 Å². The molecule has 2 heterocycles. The third-order valence-electron chi connectivity index (χ3n) is 5.87. The Morgan fingerprint density at radius 2 is 0.841 bits per heavy atom. The second-order valence-corrected chi connectivity index (χ2v) is 9.64. The molecule has 0 aromatic carbocycles. The van der Waals surface area contributed by atoms with Gasteiger partial charge in [0.15, 0.2) is 36.8 Å². The molecule has 44 heavy (non-hydrogen) atoms. The van der Waals surface area contributed by atoms with Gasteiger partial charge in [-0.05, 0) is 0 Å². The van der Waals surface area contributed by atoms with Crippen molar-refractivity contribution in [2.75, 3.05) is 13.2 Å². The highest BCUT2D eigenvalue weighted by atomic mass is 19.1. The number of halogens is 1. The lowest BCUT2D eigenvalue weighted by molar-refractivity contribution is -0.351. The fraction of sp³-hybridized carbons (Fsp3) is 0.731. The van der Waals surface area contributed by atoms with E-state index in [1.807, 2.05) is 0 Å². The van der Waals surface area contributed by atoms with Crippen LogP contribution >= 0.6 is 0 Å². The van der Waals surface area contributed by atoms with E-state index in [4.69, 9.17) is 47.4 Å². The van der Waals surface area contributed by atoms with Crippen LogP contribution in [0.25, 0.3) is 0 Å². The van der Waals surface area contributed by atoms with Gasteiger partial charge in [-0.2, -0.15) is 0 Å². The molecule has 2 aliphatic rings. The quantitative estimate of drug-likeness (QED) is 0.207. The molecule has 2 fully saturated rings. The van der Waals surface area contributed by atoms with Crippen molar-refractivity contribution in [3.63, 3.8) is 0 Å². The molecule has 0 radical (unpaired) electrons. The molecule has 2 aliphatic heterocycles. The van der Waals surface area contributed by atoms with Gasteiger partial charge < -0.3 is 47.4 Å². The Morgan fingerprint density at radius 3 is 1.27 bits per heavy atom. The highest BCUT2D eigenvalue weighted by Gasteiger charge is 2.57. The summed E-state index contributed by atoms with van der Waals surface area (Å²) in [5.74, 6) is -6.27. The van der Waals surface area contributed by atoms with Crippen LogP contribution in [0.2, 0.25) is 0 Å². The molecule has 18 heteroatoms. The first-order valence-electron chi connectivity index (χ1n) is 13.2. The Kier molecular flexibility index (Phi) is 13.4. The van der Waals surface area contributed by atoms with Gasteiger partial charge >= 0.3 is 41.8 Å². The van der Waals surface area contributed by atoms with E-state index in [1.54, 1.807) is 0 Å². The van der Waals surface area contributed by atoms with Gasteiger partial charge in [0.05, 0.1) is 0 Å². The maximum Gasteiger partial charge on any atom is 0.303 e. The van der Waals surface area contributed by atoms with Crippen molar-refractivity contribution in [3.8, 4) is 0 Å². The number of carbonyl (C=O) groups is 7. The van der Waals surface area contributed by atoms with Crippen molar-refractivity contribution in [2.24, 2.45) is 0 Å². The fourth-order valence-electron chi connectivity index (χ4n) is 4.46. The predicted octanol–water partition coefficient (Wildman–Crippen LogP) is -0.424. The summed E-state index contributed by atoms with van der Waals surface area (Å²) < 4.78 is 68.6. The number of hydrogen-bond acceptors (Lipinski definition) is 17. The van der Waals surface area contributed by atoms with Crippen molar-refractivity contribution in [1.82, 2.24) is 0 Å². The Hall–Kier alpha value is -3.90. The molecule has 0 spiro atoms. The smallest absolute Gasteiger partial charge is 0.303 e. The molecular weight excluding hydrogens is 603 g/mol. The van der Waals surface area contributed by atoms with Crippen LogP contribution in [0, 0.1) is 0 Å². The highest BCUT2D eigenvalue weighted by Crippen LogP contribution is 2.35. The largest absolute Gasteiger partial charge is 0.463 e. The Bertz CT molecular complexity index is 1090. The molecule has 0 saturated carbocycles. The van der Waals surface area contributed by atoms with Gasteiger partial charge in [-0.15, -0.1) is 0 Å². The maximum absolute atomic E-state index is 15.2.